The fourth-order valence-corrected chi connectivity index (χ4v) is 5.61. The van der Waals surface area contributed by atoms with E-state index in [4.69, 9.17) is 10.5 Å². The highest BCUT2D eigenvalue weighted by molar-refractivity contribution is 5.85. The van der Waals surface area contributed by atoms with Crippen LogP contribution >= 0.6 is 24.8 Å². The molecule has 3 heterocycles. The summed E-state index contributed by atoms with van der Waals surface area (Å²) in [5.41, 5.74) is 7.00. The minimum absolute atomic E-state index is 0. The molecule has 1 aromatic rings. The fourth-order valence-electron chi connectivity index (χ4n) is 5.61. The van der Waals surface area contributed by atoms with Crippen molar-refractivity contribution in [3.05, 3.63) is 29.8 Å². The normalized spacial score (nSPS) is 28.6. The average Bonchev–Trinajstić information content (AvgIpc) is 2.71. The van der Waals surface area contributed by atoms with Gasteiger partial charge in [0, 0.05) is 38.1 Å². The van der Waals surface area contributed by atoms with E-state index in [0.29, 0.717) is 42.8 Å². The molecule has 0 radical (unpaired) electrons. The highest BCUT2D eigenvalue weighted by atomic mass is 35.5. The van der Waals surface area contributed by atoms with Gasteiger partial charge in [0.25, 0.3) is 0 Å². The first-order valence-electron chi connectivity index (χ1n) is 10.6. The van der Waals surface area contributed by atoms with Crippen molar-refractivity contribution >= 4 is 30.7 Å². The number of nitrogens with two attached hydrogens (primary N) is 1. The maximum Gasteiger partial charge on any atom is 0.222 e. The van der Waals surface area contributed by atoms with E-state index in [0.717, 1.165) is 31.8 Å². The zero-order valence-corrected chi connectivity index (χ0v) is 18.9. The Morgan fingerprint density at radius 3 is 2.59 bits per heavy atom. The minimum atomic E-state index is 0. The number of methoxy groups -OCH3 is 1. The molecular formula is C22H35Cl2N3O2. The van der Waals surface area contributed by atoms with Gasteiger partial charge in [-0.25, -0.2) is 0 Å². The molecule has 7 heteroatoms. The van der Waals surface area contributed by atoms with E-state index >= 15 is 0 Å². The number of hydrogen-bond acceptors (Lipinski definition) is 4. The second-order valence-corrected chi connectivity index (χ2v) is 8.54. The van der Waals surface area contributed by atoms with Crippen LogP contribution in [0.25, 0.3) is 0 Å². The number of hydrogen-bond donors (Lipinski definition) is 1. The Kier molecular flexibility index (Phi) is 9.08. The molecule has 2 N–H and O–H groups in total. The molecule has 0 aromatic heterocycles. The van der Waals surface area contributed by atoms with Gasteiger partial charge < -0.3 is 15.4 Å². The van der Waals surface area contributed by atoms with Gasteiger partial charge in [-0.2, -0.15) is 0 Å². The molecule has 4 atom stereocenters. The molecule has 1 aromatic carbocycles. The average molecular weight is 444 g/mol. The van der Waals surface area contributed by atoms with E-state index in [9.17, 15) is 4.79 Å². The third-order valence-corrected chi connectivity index (χ3v) is 6.83. The third-order valence-electron chi connectivity index (χ3n) is 6.83. The number of amides is 1. The molecule has 3 fully saturated rings. The van der Waals surface area contributed by atoms with Gasteiger partial charge in [0.1, 0.15) is 5.75 Å². The second-order valence-electron chi connectivity index (χ2n) is 8.54. The summed E-state index contributed by atoms with van der Waals surface area (Å²) in [4.78, 5) is 17.5. The van der Waals surface area contributed by atoms with Gasteiger partial charge in [0.05, 0.1) is 7.11 Å². The van der Waals surface area contributed by atoms with Crippen LogP contribution in [0.15, 0.2) is 24.3 Å². The molecular weight excluding hydrogens is 409 g/mol. The summed E-state index contributed by atoms with van der Waals surface area (Å²) in [6, 6.07) is 9.77. The number of fused-ring (bicyclic) bond motifs is 4. The van der Waals surface area contributed by atoms with Gasteiger partial charge in [0.2, 0.25) is 5.91 Å². The summed E-state index contributed by atoms with van der Waals surface area (Å²) >= 11 is 0. The molecule has 0 unspecified atom stereocenters. The first-order chi connectivity index (χ1) is 13.2. The van der Waals surface area contributed by atoms with Crippen LogP contribution in [0.3, 0.4) is 0 Å². The molecule has 164 valence electrons. The van der Waals surface area contributed by atoms with E-state index in [-0.39, 0.29) is 24.8 Å². The number of piperidine rings is 3. The molecule has 3 aliphatic rings. The van der Waals surface area contributed by atoms with Crippen LogP contribution < -0.4 is 10.5 Å². The highest BCUT2D eigenvalue weighted by Crippen LogP contribution is 2.44. The number of rotatable bonds is 5. The Balaban J connectivity index is 0.00000150. The molecule has 3 aliphatic heterocycles. The first kappa shape index (κ1) is 24.3. The van der Waals surface area contributed by atoms with Crippen molar-refractivity contribution in [2.75, 3.05) is 33.3 Å². The summed E-state index contributed by atoms with van der Waals surface area (Å²) < 4.78 is 5.33. The minimum Gasteiger partial charge on any atom is -0.497 e. The van der Waals surface area contributed by atoms with Gasteiger partial charge >= 0.3 is 0 Å². The van der Waals surface area contributed by atoms with Crippen molar-refractivity contribution in [2.24, 2.45) is 17.6 Å². The van der Waals surface area contributed by atoms with E-state index in [2.05, 4.69) is 34.1 Å². The maximum absolute atomic E-state index is 12.5. The second kappa shape index (κ2) is 10.9. The Hall–Kier alpha value is -1.01. The predicted octanol–water partition coefficient (Wildman–Crippen LogP) is 3.65. The number of likely N-dealkylation sites (tertiary alicyclic amines) is 1. The summed E-state index contributed by atoms with van der Waals surface area (Å²) in [6.45, 7) is 3.60. The quantitative estimate of drug-likeness (QED) is 0.753. The molecule has 0 spiro atoms. The van der Waals surface area contributed by atoms with Crippen LogP contribution in [0.1, 0.15) is 50.1 Å². The molecule has 29 heavy (non-hydrogen) atoms. The van der Waals surface area contributed by atoms with Crippen molar-refractivity contribution < 1.29 is 9.53 Å². The largest absolute Gasteiger partial charge is 0.497 e. The van der Waals surface area contributed by atoms with Crippen molar-refractivity contribution in [1.82, 2.24) is 9.80 Å². The van der Waals surface area contributed by atoms with Gasteiger partial charge in [-0.15, -0.1) is 24.8 Å². The SMILES string of the molecule is COc1ccc([C@H]2CCC[C@H]3[C@@H]4C[C@@H](CN(C(=O)CCCN)C4)CN23)cc1.Cl.Cl. The molecule has 4 rings (SSSR count). The van der Waals surface area contributed by atoms with Crippen molar-refractivity contribution in [1.29, 1.82) is 0 Å². The Labute approximate surface area is 187 Å². The molecule has 0 aliphatic carbocycles. The van der Waals surface area contributed by atoms with E-state index in [1.807, 2.05) is 0 Å². The van der Waals surface area contributed by atoms with Gasteiger partial charge in [-0.1, -0.05) is 12.1 Å². The number of halogens is 2. The standard InChI is InChI=1S/C22H33N3O2.2ClH/c1-27-19-9-7-17(8-10-19)20-4-2-5-21-18-12-16(14-25(20)21)13-24(15-18)22(26)6-3-11-23;;/h7-10,16,18,20-21H,2-6,11-15,23H2,1H3;2*1H/t16-,18+,20+,21-;;/m0../s1. The lowest BCUT2D eigenvalue weighted by Crippen LogP contribution is -2.60. The van der Waals surface area contributed by atoms with Crippen molar-refractivity contribution in [3.8, 4) is 5.75 Å². The fraction of sp³-hybridized carbons (Fsp3) is 0.682. The predicted molar refractivity (Wildman–Crippen MR) is 121 cm³/mol. The lowest BCUT2D eigenvalue weighted by Gasteiger charge is -2.55. The number of benzene rings is 1. The number of ether oxygens (including phenoxy) is 1. The number of carbonyl (C=O) groups excluding carboxylic acids is 1. The van der Waals surface area contributed by atoms with Crippen molar-refractivity contribution in [3.63, 3.8) is 0 Å². The smallest absolute Gasteiger partial charge is 0.222 e. The molecule has 5 nitrogen and oxygen atoms in total. The van der Waals surface area contributed by atoms with Gasteiger partial charge in [-0.3, -0.25) is 9.69 Å². The lowest BCUT2D eigenvalue weighted by molar-refractivity contribution is -0.139. The topological polar surface area (TPSA) is 58.8 Å². The summed E-state index contributed by atoms with van der Waals surface area (Å²) in [5.74, 6) is 2.47. The highest BCUT2D eigenvalue weighted by Gasteiger charge is 2.45. The van der Waals surface area contributed by atoms with Crippen LogP contribution in [-0.4, -0.2) is 55.0 Å². The molecule has 2 bridgehead atoms. The Morgan fingerprint density at radius 2 is 1.90 bits per heavy atom. The van der Waals surface area contributed by atoms with Crippen LogP contribution in [0.4, 0.5) is 0 Å². The summed E-state index contributed by atoms with van der Waals surface area (Å²) in [5, 5.41) is 0. The molecule has 3 saturated heterocycles. The van der Waals surface area contributed by atoms with E-state index in [1.54, 1.807) is 7.11 Å². The van der Waals surface area contributed by atoms with Crippen LogP contribution in [0.5, 0.6) is 5.75 Å². The van der Waals surface area contributed by atoms with Crippen LogP contribution in [0.2, 0.25) is 0 Å². The van der Waals surface area contributed by atoms with Crippen LogP contribution in [-0.2, 0) is 4.79 Å². The maximum atomic E-state index is 12.5. The molecule has 1 amide bonds. The van der Waals surface area contributed by atoms with E-state index in [1.165, 1.54) is 31.2 Å². The zero-order valence-electron chi connectivity index (χ0n) is 17.3. The Bertz CT molecular complexity index is 658. The zero-order chi connectivity index (χ0) is 18.8. The summed E-state index contributed by atoms with van der Waals surface area (Å²) in [6.07, 6.45) is 6.49. The van der Waals surface area contributed by atoms with Gasteiger partial charge in [-0.05, 0) is 68.2 Å². The van der Waals surface area contributed by atoms with Crippen LogP contribution in [0, 0.1) is 11.8 Å². The Morgan fingerprint density at radius 1 is 1.14 bits per heavy atom. The van der Waals surface area contributed by atoms with Gasteiger partial charge in [0.15, 0.2) is 0 Å². The van der Waals surface area contributed by atoms with Crippen molar-refractivity contribution in [2.45, 2.75) is 50.6 Å². The first-order valence-corrected chi connectivity index (χ1v) is 10.6. The third kappa shape index (κ3) is 5.19. The van der Waals surface area contributed by atoms with E-state index < -0.39 is 0 Å². The monoisotopic (exact) mass is 443 g/mol. The number of carbonyl (C=O) groups is 1. The molecule has 0 saturated carbocycles. The summed E-state index contributed by atoms with van der Waals surface area (Å²) in [7, 11) is 1.72. The number of nitrogens with zero attached hydrogens (tertiary/aromatic N) is 2. The lowest BCUT2D eigenvalue weighted by atomic mass is 9.74.